The average molecular weight is 417 g/mol. The van der Waals surface area contributed by atoms with E-state index in [1.807, 2.05) is 18.9 Å². The van der Waals surface area contributed by atoms with Crippen LogP contribution in [0.5, 0.6) is 0 Å². The molecule has 30 heavy (non-hydrogen) atoms. The van der Waals surface area contributed by atoms with Gasteiger partial charge in [0.2, 0.25) is 11.8 Å². The fourth-order valence-corrected chi connectivity index (χ4v) is 5.33. The van der Waals surface area contributed by atoms with Gasteiger partial charge in [-0.1, -0.05) is 6.07 Å². The molecule has 1 aromatic carbocycles. The maximum absolute atomic E-state index is 14.1. The molecule has 2 amide bonds. The summed E-state index contributed by atoms with van der Waals surface area (Å²) in [5.41, 5.74) is 2.36. The van der Waals surface area contributed by atoms with Crippen LogP contribution in [0.4, 0.5) is 10.1 Å². The molecule has 1 aliphatic carbocycles. The maximum Gasteiger partial charge on any atom is 0.243 e. The molecule has 4 atom stereocenters. The average Bonchev–Trinajstić information content (AvgIpc) is 3.39. The SMILES string of the molecule is CC(=O)N(C)C1CCN(C2CCC[C@@H](NC(=O)C3Cc4c(F)ccc(C)c4N3)C2)C1. The summed E-state index contributed by atoms with van der Waals surface area (Å²) in [6, 6.07) is 3.71. The lowest BCUT2D eigenvalue weighted by Crippen LogP contribution is -2.49. The minimum atomic E-state index is -0.406. The molecule has 0 bridgehead atoms. The van der Waals surface area contributed by atoms with Crippen LogP contribution >= 0.6 is 0 Å². The lowest BCUT2D eigenvalue weighted by atomic mass is 9.89. The second kappa shape index (κ2) is 8.53. The highest BCUT2D eigenvalue weighted by Gasteiger charge is 2.36. The highest BCUT2D eigenvalue weighted by atomic mass is 19.1. The van der Waals surface area contributed by atoms with Gasteiger partial charge in [0, 0.05) is 62.9 Å². The molecule has 1 saturated carbocycles. The third kappa shape index (κ3) is 4.17. The Hall–Kier alpha value is -2.15. The Morgan fingerprint density at radius 3 is 2.80 bits per heavy atom. The topological polar surface area (TPSA) is 64.7 Å². The van der Waals surface area contributed by atoms with Crippen molar-refractivity contribution in [1.29, 1.82) is 0 Å². The molecule has 0 radical (unpaired) electrons. The van der Waals surface area contributed by atoms with E-state index in [0.717, 1.165) is 56.4 Å². The van der Waals surface area contributed by atoms with Gasteiger partial charge in [0.15, 0.2) is 0 Å². The van der Waals surface area contributed by atoms with Crippen molar-refractivity contribution in [3.63, 3.8) is 0 Å². The Kier molecular flexibility index (Phi) is 6.00. The molecule has 2 heterocycles. The van der Waals surface area contributed by atoms with Gasteiger partial charge in [0.05, 0.1) is 0 Å². The summed E-state index contributed by atoms with van der Waals surface area (Å²) in [4.78, 5) is 28.9. The van der Waals surface area contributed by atoms with E-state index in [2.05, 4.69) is 15.5 Å². The number of aryl methyl sites for hydroxylation is 1. The van der Waals surface area contributed by atoms with E-state index in [-0.39, 0.29) is 29.7 Å². The van der Waals surface area contributed by atoms with E-state index in [4.69, 9.17) is 0 Å². The smallest absolute Gasteiger partial charge is 0.243 e. The number of hydrogen-bond acceptors (Lipinski definition) is 4. The summed E-state index contributed by atoms with van der Waals surface area (Å²) >= 11 is 0. The number of carbonyl (C=O) groups is 2. The van der Waals surface area contributed by atoms with Crippen molar-refractivity contribution in [3.8, 4) is 0 Å². The molecular weight excluding hydrogens is 383 g/mol. The van der Waals surface area contributed by atoms with E-state index in [1.54, 1.807) is 13.0 Å². The fraction of sp³-hybridized carbons (Fsp3) is 0.652. The quantitative estimate of drug-likeness (QED) is 0.792. The molecule has 4 rings (SSSR count). The number of fused-ring (bicyclic) bond motifs is 1. The number of carbonyl (C=O) groups excluding carboxylic acids is 2. The Labute approximate surface area is 178 Å². The molecular formula is C23H33FN4O2. The lowest BCUT2D eigenvalue weighted by Gasteiger charge is -2.36. The monoisotopic (exact) mass is 416 g/mol. The van der Waals surface area contributed by atoms with Crippen molar-refractivity contribution < 1.29 is 14.0 Å². The third-order valence-corrected chi connectivity index (χ3v) is 7.26. The second-order valence-electron chi connectivity index (χ2n) is 9.21. The number of likely N-dealkylation sites (tertiary alicyclic amines) is 1. The minimum Gasteiger partial charge on any atom is -0.373 e. The number of hydrogen-bond donors (Lipinski definition) is 2. The minimum absolute atomic E-state index is 0.0359. The Bertz CT molecular complexity index is 799. The molecule has 3 unspecified atom stereocenters. The Balaban J connectivity index is 1.32. The van der Waals surface area contributed by atoms with Crippen LogP contribution in [0.1, 0.15) is 50.2 Å². The summed E-state index contributed by atoms with van der Waals surface area (Å²) in [6.07, 6.45) is 5.57. The van der Waals surface area contributed by atoms with E-state index in [9.17, 15) is 14.0 Å². The first-order chi connectivity index (χ1) is 14.3. The van der Waals surface area contributed by atoms with Gasteiger partial charge < -0.3 is 15.5 Å². The largest absolute Gasteiger partial charge is 0.373 e. The summed E-state index contributed by atoms with van der Waals surface area (Å²) in [6.45, 7) is 5.48. The molecule has 1 aromatic rings. The molecule has 1 saturated heterocycles. The molecule has 7 heteroatoms. The fourth-order valence-electron chi connectivity index (χ4n) is 5.33. The van der Waals surface area contributed by atoms with E-state index >= 15 is 0 Å². The molecule has 2 N–H and O–H groups in total. The second-order valence-corrected chi connectivity index (χ2v) is 9.21. The highest BCUT2D eigenvalue weighted by molar-refractivity contribution is 5.88. The number of halogens is 1. The summed E-state index contributed by atoms with van der Waals surface area (Å²) in [5, 5.41) is 6.45. The van der Waals surface area contributed by atoms with Gasteiger partial charge in [-0.25, -0.2) is 4.39 Å². The van der Waals surface area contributed by atoms with Crippen molar-refractivity contribution in [2.45, 2.75) is 76.5 Å². The molecule has 164 valence electrons. The Morgan fingerprint density at radius 2 is 2.07 bits per heavy atom. The maximum atomic E-state index is 14.1. The third-order valence-electron chi connectivity index (χ3n) is 7.26. The zero-order valence-electron chi connectivity index (χ0n) is 18.2. The van der Waals surface area contributed by atoms with Crippen molar-refractivity contribution in [2.24, 2.45) is 0 Å². The van der Waals surface area contributed by atoms with E-state index in [0.29, 0.717) is 18.0 Å². The van der Waals surface area contributed by atoms with Crippen LogP contribution in [-0.2, 0) is 16.0 Å². The number of rotatable bonds is 4. The molecule has 2 aliphatic heterocycles. The van der Waals surface area contributed by atoms with E-state index in [1.165, 1.54) is 6.07 Å². The van der Waals surface area contributed by atoms with Crippen LogP contribution in [0.25, 0.3) is 0 Å². The molecule has 2 fully saturated rings. The van der Waals surface area contributed by atoms with Gasteiger partial charge >= 0.3 is 0 Å². The first-order valence-electron chi connectivity index (χ1n) is 11.2. The number of nitrogens with one attached hydrogen (secondary N) is 2. The van der Waals surface area contributed by atoms with Crippen LogP contribution in [0.3, 0.4) is 0 Å². The van der Waals surface area contributed by atoms with Crippen LogP contribution in [0, 0.1) is 12.7 Å². The van der Waals surface area contributed by atoms with Gasteiger partial charge in [-0.2, -0.15) is 0 Å². The zero-order chi connectivity index (χ0) is 21.4. The normalized spacial score (nSPS) is 28.7. The number of nitrogens with zero attached hydrogens (tertiary/aromatic N) is 2. The molecule has 0 aromatic heterocycles. The first kappa shape index (κ1) is 21.1. The number of benzene rings is 1. The van der Waals surface area contributed by atoms with Gasteiger partial charge in [0.25, 0.3) is 0 Å². The summed E-state index contributed by atoms with van der Waals surface area (Å²) in [7, 11) is 1.89. The van der Waals surface area contributed by atoms with Crippen molar-refractivity contribution in [1.82, 2.24) is 15.1 Å². The molecule has 3 aliphatic rings. The van der Waals surface area contributed by atoms with Crippen molar-refractivity contribution in [3.05, 3.63) is 29.1 Å². The van der Waals surface area contributed by atoms with Crippen molar-refractivity contribution >= 4 is 17.5 Å². The lowest BCUT2D eigenvalue weighted by molar-refractivity contribution is -0.129. The predicted molar refractivity (Wildman–Crippen MR) is 115 cm³/mol. The summed E-state index contributed by atoms with van der Waals surface area (Å²) < 4.78 is 14.1. The van der Waals surface area contributed by atoms with Crippen molar-refractivity contribution in [2.75, 3.05) is 25.5 Å². The van der Waals surface area contributed by atoms with Gasteiger partial charge in [-0.15, -0.1) is 0 Å². The van der Waals surface area contributed by atoms with Gasteiger partial charge in [-0.05, 0) is 50.7 Å². The number of anilines is 1. The van der Waals surface area contributed by atoms with Gasteiger partial charge in [0.1, 0.15) is 11.9 Å². The molecule has 0 spiro atoms. The van der Waals surface area contributed by atoms with E-state index < -0.39 is 6.04 Å². The van der Waals surface area contributed by atoms with Crippen LogP contribution in [0.15, 0.2) is 12.1 Å². The highest BCUT2D eigenvalue weighted by Crippen LogP contribution is 2.32. The number of likely N-dealkylation sites (N-methyl/N-ethyl adjacent to an activating group) is 1. The Morgan fingerprint density at radius 1 is 1.27 bits per heavy atom. The van der Waals surface area contributed by atoms with Crippen LogP contribution in [-0.4, -0.2) is 65.9 Å². The summed E-state index contributed by atoms with van der Waals surface area (Å²) in [5.74, 6) is -0.158. The predicted octanol–water partition coefficient (Wildman–Crippen LogP) is 2.45. The van der Waals surface area contributed by atoms with Crippen LogP contribution in [0.2, 0.25) is 0 Å². The standard InChI is InChI=1S/C23H33FN4O2/c1-14-7-8-20(24)19-12-21(26-22(14)19)23(30)25-16-5-4-6-17(11-16)28-10-9-18(13-28)27(3)15(2)29/h7-8,16-18,21,26H,4-6,9-13H2,1-3H3,(H,25,30)/t16-,17?,18?,21?/m1/s1. The molecule has 6 nitrogen and oxygen atoms in total. The zero-order valence-corrected chi connectivity index (χ0v) is 18.2. The van der Waals surface area contributed by atoms with Crippen LogP contribution < -0.4 is 10.6 Å². The number of amides is 2. The van der Waals surface area contributed by atoms with Gasteiger partial charge in [-0.3, -0.25) is 14.5 Å². The first-order valence-corrected chi connectivity index (χ1v) is 11.2.